The Morgan fingerprint density at radius 2 is 1.65 bits per heavy atom. The number of para-hydroxylation sites is 1. The summed E-state index contributed by atoms with van der Waals surface area (Å²) >= 11 is 0. The van der Waals surface area contributed by atoms with E-state index in [1.54, 1.807) is 4.90 Å². The highest BCUT2D eigenvalue weighted by atomic mass is 16.2. The maximum atomic E-state index is 12.6. The summed E-state index contributed by atoms with van der Waals surface area (Å²) in [5.74, 6) is -0.0451. The maximum absolute atomic E-state index is 12.6. The summed E-state index contributed by atoms with van der Waals surface area (Å²) in [6, 6.07) is 15.7. The van der Waals surface area contributed by atoms with Crippen molar-refractivity contribution in [2.45, 2.75) is 46.6 Å². The second-order valence-corrected chi connectivity index (χ2v) is 6.97. The second-order valence-electron chi connectivity index (χ2n) is 6.97. The van der Waals surface area contributed by atoms with Gasteiger partial charge in [-0.2, -0.15) is 0 Å². The molecule has 0 heterocycles. The van der Waals surface area contributed by atoms with Crippen molar-refractivity contribution in [2.75, 3.05) is 11.4 Å². The SMILES string of the molecule is CC(=O)N(CC(=O)NC(C)c1ccccc1)c1c(C)cccc1C(C)C. The molecule has 1 atom stereocenters. The third kappa shape index (κ3) is 4.72. The molecule has 138 valence electrons. The highest BCUT2D eigenvalue weighted by Gasteiger charge is 2.22. The van der Waals surface area contributed by atoms with Gasteiger partial charge in [0.05, 0.1) is 11.7 Å². The third-order valence-corrected chi connectivity index (χ3v) is 4.52. The van der Waals surface area contributed by atoms with Crippen LogP contribution in [0.3, 0.4) is 0 Å². The Labute approximate surface area is 156 Å². The number of rotatable bonds is 6. The van der Waals surface area contributed by atoms with Gasteiger partial charge in [-0.15, -0.1) is 0 Å². The molecule has 0 aliphatic carbocycles. The largest absolute Gasteiger partial charge is 0.348 e. The zero-order valence-corrected chi connectivity index (χ0v) is 16.2. The molecule has 0 fully saturated rings. The van der Waals surface area contributed by atoms with Gasteiger partial charge in [0.15, 0.2) is 0 Å². The van der Waals surface area contributed by atoms with Gasteiger partial charge >= 0.3 is 0 Å². The number of hydrogen-bond acceptors (Lipinski definition) is 2. The molecule has 0 aromatic heterocycles. The number of carbonyl (C=O) groups excluding carboxylic acids is 2. The van der Waals surface area contributed by atoms with Crippen LogP contribution < -0.4 is 10.2 Å². The zero-order valence-electron chi connectivity index (χ0n) is 16.2. The lowest BCUT2D eigenvalue weighted by molar-refractivity contribution is -0.123. The van der Waals surface area contributed by atoms with Crippen LogP contribution in [0.5, 0.6) is 0 Å². The van der Waals surface area contributed by atoms with Crippen LogP contribution >= 0.6 is 0 Å². The molecule has 0 saturated carbocycles. The molecule has 0 bridgehead atoms. The summed E-state index contributed by atoms with van der Waals surface area (Å²) in [6.07, 6.45) is 0. The summed E-state index contributed by atoms with van der Waals surface area (Å²) < 4.78 is 0. The van der Waals surface area contributed by atoms with Crippen molar-refractivity contribution in [1.29, 1.82) is 0 Å². The van der Waals surface area contributed by atoms with E-state index in [0.29, 0.717) is 0 Å². The number of anilines is 1. The van der Waals surface area contributed by atoms with Gasteiger partial charge in [-0.25, -0.2) is 0 Å². The smallest absolute Gasteiger partial charge is 0.240 e. The molecule has 4 heteroatoms. The highest BCUT2D eigenvalue weighted by Crippen LogP contribution is 2.31. The monoisotopic (exact) mass is 352 g/mol. The van der Waals surface area contributed by atoms with Crippen molar-refractivity contribution >= 4 is 17.5 Å². The van der Waals surface area contributed by atoms with Gasteiger partial charge in [-0.3, -0.25) is 9.59 Å². The number of nitrogens with zero attached hydrogens (tertiary/aromatic N) is 1. The molecule has 0 radical (unpaired) electrons. The first-order valence-corrected chi connectivity index (χ1v) is 9.03. The topological polar surface area (TPSA) is 49.4 Å². The summed E-state index contributed by atoms with van der Waals surface area (Å²) in [5, 5.41) is 2.99. The van der Waals surface area contributed by atoms with Crippen LogP contribution in [0, 0.1) is 6.92 Å². The molecular weight excluding hydrogens is 324 g/mol. The molecule has 2 aromatic carbocycles. The predicted molar refractivity (Wildman–Crippen MR) is 106 cm³/mol. The highest BCUT2D eigenvalue weighted by molar-refractivity contribution is 5.99. The molecule has 0 spiro atoms. The summed E-state index contributed by atoms with van der Waals surface area (Å²) in [4.78, 5) is 26.5. The third-order valence-electron chi connectivity index (χ3n) is 4.52. The minimum Gasteiger partial charge on any atom is -0.348 e. The molecule has 0 aliphatic heterocycles. The molecule has 1 unspecified atom stereocenters. The Hall–Kier alpha value is -2.62. The van der Waals surface area contributed by atoms with Gasteiger partial charge in [-0.05, 0) is 36.5 Å². The predicted octanol–water partition coefficient (Wildman–Crippen LogP) is 4.35. The summed E-state index contributed by atoms with van der Waals surface area (Å²) in [6.45, 7) is 9.62. The van der Waals surface area contributed by atoms with Crippen molar-refractivity contribution in [1.82, 2.24) is 5.32 Å². The first-order chi connectivity index (χ1) is 12.3. The van der Waals surface area contributed by atoms with Gasteiger partial charge in [-0.1, -0.05) is 62.4 Å². The molecular formula is C22H28N2O2. The molecule has 0 saturated heterocycles. The van der Waals surface area contributed by atoms with E-state index < -0.39 is 0 Å². The number of aryl methyl sites for hydroxylation is 1. The Balaban J connectivity index is 2.22. The minimum absolute atomic E-state index is 0.0110. The number of benzene rings is 2. The van der Waals surface area contributed by atoms with Gasteiger partial charge in [0, 0.05) is 6.92 Å². The van der Waals surface area contributed by atoms with Crippen LogP contribution in [0.1, 0.15) is 56.3 Å². The molecule has 26 heavy (non-hydrogen) atoms. The van der Waals surface area contributed by atoms with Crippen LogP contribution in [0.2, 0.25) is 0 Å². The van der Waals surface area contributed by atoms with E-state index in [1.807, 2.05) is 62.4 Å². The fourth-order valence-electron chi connectivity index (χ4n) is 3.12. The Kier molecular flexibility index (Phi) is 6.56. The number of nitrogens with one attached hydrogen (secondary N) is 1. The van der Waals surface area contributed by atoms with Crippen LogP contribution in [0.15, 0.2) is 48.5 Å². The molecule has 1 N–H and O–H groups in total. The molecule has 2 aromatic rings. The van der Waals surface area contributed by atoms with Crippen LogP contribution in [0.4, 0.5) is 5.69 Å². The number of hydrogen-bond donors (Lipinski definition) is 1. The van der Waals surface area contributed by atoms with Crippen molar-refractivity contribution in [3.05, 3.63) is 65.2 Å². The fourth-order valence-corrected chi connectivity index (χ4v) is 3.12. The van der Waals surface area contributed by atoms with Gasteiger partial charge in [0.1, 0.15) is 6.54 Å². The molecule has 4 nitrogen and oxygen atoms in total. The van der Waals surface area contributed by atoms with Crippen LogP contribution in [-0.2, 0) is 9.59 Å². The van der Waals surface area contributed by atoms with E-state index in [9.17, 15) is 9.59 Å². The van der Waals surface area contributed by atoms with E-state index in [-0.39, 0.29) is 30.3 Å². The Bertz CT molecular complexity index is 769. The van der Waals surface area contributed by atoms with E-state index in [1.165, 1.54) is 6.92 Å². The molecule has 0 aliphatic rings. The Morgan fingerprint density at radius 3 is 2.23 bits per heavy atom. The minimum atomic E-state index is -0.172. The van der Waals surface area contributed by atoms with Crippen molar-refractivity contribution in [2.24, 2.45) is 0 Å². The zero-order chi connectivity index (χ0) is 19.3. The summed E-state index contributed by atoms with van der Waals surface area (Å²) in [7, 11) is 0. The quantitative estimate of drug-likeness (QED) is 0.840. The van der Waals surface area contributed by atoms with Crippen molar-refractivity contribution in [3.8, 4) is 0 Å². The first-order valence-electron chi connectivity index (χ1n) is 9.03. The fraction of sp³-hybridized carbons (Fsp3) is 0.364. The van der Waals surface area contributed by atoms with Crippen LogP contribution in [-0.4, -0.2) is 18.4 Å². The first kappa shape index (κ1) is 19.7. The van der Waals surface area contributed by atoms with Crippen molar-refractivity contribution in [3.63, 3.8) is 0 Å². The van der Waals surface area contributed by atoms with Gasteiger partial charge < -0.3 is 10.2 Å². The van der Waals surface area contributed by atoms with Crippen LogP contribution in [0.25, 0.3) is 0 Å². The van der Waals surface area contributed by atoms with Gasteiger partial charge in [0.25, 0.3) is 0 Å². The molecule has 2 rings (SSSR count). The number of amides is 2. The Morgan fingerprint density at radius 1 is 1.00 bits per heavy atom. The van der Waals surface area contributed by atoms with E-state index in [0.717, 1.165) is 22.4 Å². The van der Waals surface area contributed by atoms with E-state index in [2.05, 4.69) is 19.2 Å². The lowest BCUT2D eigenvalue weighted by Crippen LogP contribution is -2.41. The lowest BCUT2D eigenvalue weighted by Gasteiger charge is -2.27. The number of carbonyl (C=O) groups is 2. The van der Waals surface area contributed by atoms with Crippen molar-refractivity contribution < 1.29 is 9.59 Å². The standard InChI is InChI=1S/C22H28N2O2/c1-15(2)20-13-9-10-16(3)22(20)24(18(5)25)14-21(26)23-17(4)19-11-7-6-8-12-19/h6-13,15,17H,14H2,1-5H3,(H,23,26). The summed E-state index contributed by atoms with van der Waals surface area (Å²) in [5.41, 5.74) is 3.95. The lowest BCUT2D eigenvalue weighted by atomic mass is 9.97. The maximum Gasteiger partial charge on any atom is 0.240 e. The average Bonchev–Trinajstić information content (AvgIpc) is 2.60. The van der Waals surface area contributed by atoms with Gasteiger partial charge in [0.2, 0.25) is 11.8 Å². The van der Waals surface area contributed by atoms with E-state index >= 15 is 0 Å². The second kappa shape index (κ2) is 8.65. The normalized spacial score (nSPS) is 11.9. The van der Waals surface area contributed by atoms with E-state index in [4.69, 9.17) is 0 Å². The average molecular weight is 352 g/mol. The molecule has 2 amide bonds.